The molecule has 0 fully saturated rings. The molecular weight excluding hydrogens is 334 g/mol. The number of benzene rings is 1. The number of nitrogens with one attached hydrogen (secondary N) is 1. The highest BCUT2D eigenvalue weighted by atomic mass is 79.9. The zero-order chi connectivity index (χ0) is 15.2. The Morgan fingerprint density at radius 3 is 2.71 bits per heavy atom. The summed E-state index contributed by atoms with van der Waals surface area (Å²) < 4.78 is 6.61. The van der Waals surface area contributed by atoms with Crippen LogP contribution in [0, 0.1) is 5.92 Å². The fourth-order valence-electron chi connectivity index (χ4n) is 2.10. The smallest absolute Gasteiger partial charge is 0.248 e. The Hall–Kier alpha value is -1.24. The highest BCUT2D eigenvalue weighted by Crippen LogP contribution is 2.26. The summed E-state index contributed by atoms with van der Waals surface area (Å²) in [5.41, 5.74) is 0.881. The molecule has 1 aromatic heterocycles. The van der Waals surface area contributed by atoms with Gasteiger partial charge in [0.1, 0.15) is 0 Å². The summed E-state index contributed by atoms with van der Waals surface area (Å²) in [6.45, 7) is 4.91. The maximum absolute atomic E-state index is 9.07. The van der Waals surface area contributed by atoms with Crippen LogP contribution in [0.1, 0.15) is 26.2 Å². The average molecular weight is 354 g/mol. The summed E-state index contributed by atoms with van der Waals surface area (Å²) in [7, 11) is 0. The van der Waals surface area contributed by atoms with Gasteiger partial charge in [0, 0.05) is 17.1 Å². The van der Waals surface area contributed by atoms with Crippen molar-refractivity contribution in [3.05, 3.63) is 34.6 Å². The van der Waals surface area contributed by atoms with E-state index in [4.69, 9.17) is 9.52 Å². The number of hydrogen-bond donors (Lipinski definition) is 2. The monoisotopic (exact) mass is 353 g/mol. The first-order valence-corrected chi connectivity index (χ1v) is 7.82. The summed E-state index contributed by atoms with van der Waals surface area (Å²) >= 11 is 3.47. The van der Waals surface area contributed by atoms with Crippen molar-refractivity contribution in [1.29, 1.82) is 0 Å². The Labute approximate surface area is 132 Å². The van der Waals surface area contributed by atoms with E-state index < -0.39 is 0 Å². The Bertz CT molecular complexity index is 572. The van der Waals surface area contributed by atoms with Crippen molar-refractivity contribution in [2.24, 2.45) is 5.92 Å². The molecule has 0 aliphatic rings. The molecule has 0 saturated heterocycles. The minimum Gasteiger partial charge on any atom is -0.419 e. The fourth-order valence-corrected chi connectivity index (χ4v) is 2.55. The van der Waals surface area contributed by atoms with Gasteiger partial charge >= 0.3 is 0 Å². The highest BCUT2D eigenvalue weighted by Gasteiger charge is 2.15. The number of aliphatic hydroxyl groups is 1. The second kappa shape index (κ2) is 7.68. The molecule has 0 spiro atoms. The molecule has 5 nitrogen and oxygen atoms in total. The molecule has 114 valence electrons. The first-order valence-electron chi connectivity index (χ1n) is 7.03. The van der Waals surface area contributed by atoms with Crippen molar-refractivity contribution in [2.75, 3.05) is 6.61 Å². The Morgan fingerprint density at radius 1 is 1.29 bits per heavy atom. The van der Waals surface area contributed by atoms with E-state index in [2.05, 4.69) is 45.3 Å². The minimum atomic E-state index is 0.169. The van der Waals surface area contributed by atoms with Crippen LogP contribution >= 0.6 is 15.9 Å². The van der Waals surface area contributed by atoms with Gasteiger partial charge in [-0.15, -0.1) is 10.2 Å². The largest absolute Gasteiger partial charge is 0.419 e. The average Bonchev–Trinajstić information content (AvgIpc) is 2.92. The van der Waals surface area contributed by atoms with Gasteiger partial charge in [-0.3, -0.25) is 0 Å². The van der Waals surface area contributed by atoms with Crippen molar-refractivity contribution in [2.45, 2.75) is 32.9 Å². The Kier molecular flexibility index (Phi) is 5.90. The van der Waals surface area contributed by atoms with E-state index in [-0.39, 0.29) is 12.6 Å². The molecule has 0 aliphatic carbocycles. The summed E-state index contributed by atoms with van der Waals surface area (Å²) in [4.78, 5) is 0. The van der Waals surface area contributed by atoms with Crippen molar-refractivity contribution in [3.63, 3.8) is 0 Å². The molecule has 2 rings (SSSR count). The molecule has 1 heterocycles. The first kappa shape index (κ1) is 16.1. The van der Waals surface area contributed by atoms with E-state index in [1.165, 1.54) is 0 Å². The predicted octanol–water partition coefficient (Wildman–Crippen LogP) is 3.00. The molecule has 0 saturated carbocycles. The summed E-state index contributed by atoms with van der Waals surface area (Å²) in [6, 6.07) is 7.96. The number of nitrogens with zero attached hydrogens (tertiary/aromatic N) is 2. The molecule has 21 heavy (non-hydrogen) atoms. The van der Waals surface area contributed by atoms with Crippen molar-refractivity contribution in [1.82, 2.24) is 15.5 Å². The van der Waals surface area contributed by atoms with Crippen LogP contribution in [-0.4, -0.2) is 28.0 Å². The molecular formula is C15H20BrN3O2. The molecule has 0 radical (unpaired) electrons. The van der Waals surface area contributed by atoms with Crippen LogP contribution in [0.2, 0.25) is 0 Å². The lowest BCUT2D eigenvalue weighted by molar-refractivity contribution is 0.241. The normalized spacial score (nSPS) is 12.8. The van der Waals surface area contributed by atoms with Gasteiger partial charge in [0.05, 0.1) is 12.1 Å². The van der Waals surface area contributed by atoms with Gasteiger partial charge in [-0.1, -0.05) is 26.0 Å². The molecule has 1 unspecified atom stereocenters. The maximum Gasteiger partial charge on any atom is 0.248 e. The quantitative estimate of drug-likeness (QED) is 0.800. The molecule has 1 aromatic carbocycles. The van der Waals surface area contributed by atoms with E-state index in [9.17, 15) is 0 Å². The summed E-state index contributed by atoms with van der Waals surface area (Å²) in [6.07, 6.45) is 0.711. The van der Waals surface area contributed by atoms with Gasteiger partial charge in [0.25, 0.3) is 0 Å². The predicted molar refractivity (Wildman–Crippen MR) is 84.6 cm³/mol. The molecule has 2 N–H and O–H groups in total. The Morgan fingerprint density at radius 2 is 2.05 bits per heavy atom. The van der Waals surface area contributed by atoms with Gasteiger partial charge in [-0.05, 0) is 40.4 Å². The van der Waals surface area contributed by atoms with E-state index >= 15 is 0 Å². The lowest BCUT2D eigenvalue weighted by atomic mass is 10.0. The van der Waals surface area contributed by atoms with Crippen molar-refractivity contribution < 1.29 is 9.52 Å². The van der Waals surface area contributed by atoms with E-state index in [0.29, 0.717) is 30.7 Å². The zero-order valence-corrected chi connectivity index (χ0v) is 13.8. The van der Waals surface area contributed by atoms with Gasteiger partial charge in [-0.2, -0.15) is 0 Å². The number of aromatic nitrogens is 2. The van der Waals surface area contributed by atoms with Crippen LogP contribution in [-0.2, 0) is 6.54 Å². The maximum atomic E-state index is 9.07. The summed E-state index contributed by atoms with van der Waals surface area (Å²) in [5.74, 6) is 1.48. The summed E-state index contributed by atoms with van der Waals surface area (Å²) in [5, 5.41) is 20.6. The van der Waals surface area contributed by atoms with Crippen LogP contribution in [0.3, 0.4) is 0 Å². The van der Waals surface area contributed by atoms with E-state index in [1.54, 1.807) is 0 Å². The van der Waals surface area contributed by atoms with Crippen LogP contribution in [0.5, 0.6) is 0 Å². The Balaban J connectivity index is 2.02. The third-order valence-corrected chi connectivity index (χ3v) is 4.02. The van der Waals surface area contributed by atoms with Crippen molar-refractivity contribution >= 4 is 15.9 Å². The van der Waals surface area contributed by atoms with Gasteiger partial charge < -0.3 is 14.8 Å². The third-order valence-electron chi connectivity index (χ3n) is 3.33. The molecule has 0 bridgehead atoms. The SMILES string of the molecule is CC(C)C(CCO)NCc1nnc(-c2ccccc2Br)o1. The molecule has 2 aromatic rings. The second-order valence-electron chi connectivity index (χ2n) is 5.22. The number of halogens is 1. The molecule has 0 aliphatic heterocycles. The highest BCUT2D eigenvalue weighted by molar-refractivity contribution is 9.10. The molecule has 0 amide bonds. The van der Waals surface area contributed by atoms with Crippen LogP contribution in [0.15, 0.2) is 33.2 Å². The van der Waals surface area contributed by atoms with E-state index in [0.717, 1.165) is 10.0 Å². The fraction of sp³-hybridized carbons (Fsp3) is 0.467. The molecule has 1 atom stereocenters. The topological polar surface area (TPSA) is 71.2 Å². The number of rotatable bonds is 7. The van der Waals surface area contributed by atoms with Crippen molar-refractivity contribution in [3.8, 4) is 11.5 Å². The lowest BCUT2D eigenvalue weighted by Crippen LogP contribution is -2.34. The van der Waals surface area contributed by atoms with Crippen LogP contribution in [0.4, 0.5) is 0 Å². The molecule has 6 heteroatoms. The van der Waals surface area contributed by atoms with Crippen LogP contribution < -0.4 is 5.32 Å². The van der Waals surface area contributed by atoms with Crippen LogP contribution in [0.25, 0.3) is 11.5 Å². The van der Waals surface area contributed by atoms with Gasteiger partial charge in [0.15, 0.2) is 0 Å². The number of aliphatic hydroxyl groups excluding tert-OH is 1. The van der Waals surface area contributed by atoms with Gasteiger partial charge in [-0.25, -0.2) is 0 Å². The third kappa shape index (κ3) is 4.36. The number of hydrogen-bond acceptors (Lipinski definition) is 5. The first-order chi connectivity index (χ1) is 10.1. The standard InChI is InChI=1S/C15H20BrN3O2/c1-10(2)13(7-8-20)17-9-14-18-19-15(21-14)11-5-3-4-6-12(11)16/h3-6,10,13,17,20H,7-9H2,1-2H3. The second-order valence-corrected chi connectivity index (χ2v) is 6.08. The van der Waals surface area contributed by atoms with E-state index in [1.807, 2.05) is 24.3 Å². The van der Waals surface area contributed by atoms with Gasteiger partial charge in [0.2, 0.25) is 11.8 Å². The lowest BCUT2D eigenvalue weighted by Gasteiger charge is -2.20. The zero-order valence-electron chi connectivity index (χ0n) is 12.2. The minimum absolute atomic E-state index is 0.169.